The summed E-state index contributed by atoms with van der Waals surface area (Å²) in [7, 11) is 3.49. The maximum absolute atomic E-state index is 11.7. The molecule has 1 aliphatic carbocycles. The number of hydrogen-bond acceptors (Lipinski definition) is 4. The second-order valence-corrected chi connectivity index (χ2v) is 7.27. The summed E-state index contributed by atoms with van der Waals surface area (Å²) in [5.41, 5.74) is 0. The van der Waals surface area contributed by atoms with Crippen LogP contribution < -0.4 is 10.6 Å². The predicted octanol–water partition coefficient (Wildman–Crippen LogP) is 1.71. The SMILES string of the molecule is CSCCNC(=NCC(=O)N(C)C)NCCCOC1CCCCC1. The number of carbonyl (C=O) groups excluding carboxylic acids is 1. The van der Waals surface area contributed by atoms with Gasteiger partial charge in [-0.25, -0.2) is 4.99 Å². The van der Waals surface area contributed by atoms with E-state index in [9.17, 15) is 4.79 Å². The van der Waals surface area contributed by atoms with Crippen molar-refractivity contribution >= 4 is 23.6 Å². The van der Waals surface area contributed by atoms with Crippen LogP contribution in [-0.4, -0.2) is 75.2 Å². The van der Waals surface area contributed by atoms with E-state index in [1.807, 2.05) is 0 Å². The van der Waals surface area contributed by atoms with E-state index in [1.54, 1.807) is 30.8 Å². The fraction of sp³-hybridized carbons (Fsp3) is 0.882. The molecule has 6 nitrogen and oxygen atoms in total. The monoisotopic (exact) mass is 358 g/mol. The predicted molar refractivity (Wildman–Crippen MR) is 103 cm³/mol. The molecule has 0 aliphatic heterocycles. The van der Waals surface area contributed by atoms with Gasteiger partial charge in [0, 0.05) is 39.5 Å². The number of ether oxygens (including phenoxy) is 1. The van der Waals surface area contributed by atoms with Gasteiger partial charge < -0.3 is 20.3 Å². The quantitative estimate of drug-likeness (QED) is 0.354. The number of carbonyl (C=O) groups is 1. The lowest BCUT2D eigenvalue weighted by atomic mass is 9.98. The Morgan fingerprint density at radius 2 is 1.92 bits per heavy atom. The summed E-state index contributed by atoms with van der Waals surface area (Å²) in [4.78, 5) is 17.6. The zero-order valence-electron chi connectivity index (χ0n) is 15.5. The Bertz CT molecular complexity index is 372. The van der Waals surface area contributed by atoms with Gasteiger partial charge in [0.05, 0.1) is 6.10 Å². The lowest BCUT2D eigenvalue weighted by Gasteiger charge is -2.22. The molecule has 24 heavy (non-hydrogen) atoms. The van der Waals surface area contributed by atoms with Gasteiger partial charge in [0.1, 0.15) is 6.54 Å². The molecule has 1 aliphatic rings. The highest BCUT2D eigenvalue weighted by Gasteiger charge is 2.13. The Labute approximate surface area is 151 Å². The summed E-state index contributed by atoms with van der Waals surface area (Å²) < 4.78 is 5.93. The standard InChI is InChI=1S/C17H34N4O2S/c1-21(2)16(22)14-20-17(19-11-13-24-3)18-10-7-12-23-15-8-5-4-6-9-15/h15H,4-14H2,1-3H3,(H2,18,19,20). The Morgan fingerprint density at radius 1 is 1.21 bits per heavy atom. The molecule has 1 saturated carbocycles. The topological polar surface area (TPSA) is 66.0 Å². The third-order valence-corrected chi connectivity index (χ3v) is 4.60. The summed E-state index contributed by atoms with van der Waals surface area (Å²) >= 11 is 1.78. The zero-order valence-corrected chi connectivity index (χ0v) is 16.3. The number of thioether (sulfide) groups is 1. The van der Waals surface area contributed by atoms with Crippen molar-refractivity contribution < 1.29 is 9.53 Å². The van der Waals surface area contributed by atoms with Crippen LogP contribution in [0.5, 0.6) is 0 Å². The summed E-state index contributed by atoms with van der Waals surface area (Å²) in [5, 5.41) is 6.55. The molecule has 7 heteroatoms. The van der Waals surface area contributed by atoms with Crippen LogP contribution in [0.25, 0.3) is 0 Å². The molecule has 0 aromatic carbocycles. The molecule has 0 bridgehead atoms. The molecule has 140 valence electrons. The molecular weight excluding hydrogens is 324 g/mol. The average molecular weight is 359 g/mol. The van der Waals surface area contributed by atoms with Gasteiger partial charge >= 0.3 is 0 Å². The number of aliphatic imine (C=N–C) groups is 1. The van der Waals surface area contributed by atoms with Crippen LogP contribution in [0.2, 0.25) is 0 Å². The Morgan fingerprint density at radius 3 is 2.58 bits per heavy atom. The lowest BCUT2D eigenvalue weighted by Crippen LogP contribution is -2.40. The van der Waals surface area contributed by atoms with Crippen molar-refractivity contribution in [2.45, 2.75) is 44.6 Å². The van der Waals surface area contributed by atoms with E-state index in [-0.39, 0.29) is 12.5 Å². The van der Waals surface area contributed by atoms with E-state index < -0.39 is 0 Å². The van der Waals surface area contributed by atoms with Crippen molar-refractivity contribution in [3.05, 3.63) is 0 Å². The smallest absolute Gasteiger partial charge is 0.243 e. The minimum atomic E-state index is 0.00148. The number of likely N-dealkylation sites (N-methyl/N-ethyl adjacent to an activating group) is 1. The molecule has 0 spiro atoms. The fourth-order valence-electron chi connectivity index (χ4n) is 2.49. The van der Waals surface area contributed by atoms with Crippen molar-refractivity contribution in [3.63, 3.8) is 0 Å². The van der Waals surface area contributed by atoms with Crippen LogP contribution in [0.3, 0.4) is 0 Å². The lowest BCUT2D eigenvalue weighted by molar-refractivity contribution is -0.127. The molecule has 0 heterocycles. The van der Waals surface area contributed by atoms with Gasteiger partial charge in [-0.15, -0.1) is 0 Å². The van der Waals surface area contributed by atoms with E-state index in [0.29, 0.717) is 12.1 Å². The number of nitrogens with one attached hydrogen (secondary N) is 2. The van der Waals surface area contributed by atoms with E-state index in [0.717, 1.165) is 31.9 Å². The van der Waals surface area contributed by atoms with Crippen molar-refractivity contribution in [1.29, 1.82) is 0 Å². The second-order valence-electron chi connectivity index (χ2n) is 6.28. The first kappa shape index (κ1) is 21.1. The first-order valence-corrected chi connectivity index (χ1v) is 10.4. The maximum Gasteiger partial charge on any atom is 0.243 e. The van der Waals surface area contributed by atoms with Crippen molar-refractivity contribution in [2.75, 3.05) is 52.3 Å². The Kier molecular flexibility index (Phi) is 11.7. The van der Waals surface area contributed by atoms with Crippen LogP contribution in [0.15, 0.2) is 4.99 Å². The molecule has 1 amide bonds. The highest BCUT2D eigenvalue weighted by atomic mass is 32.2. The molecule has 1 fully saturated rings. The van der Waals surface area contributed by atoms with Gasteiger partial charge in [-0.3, -0.25) is 4.79 Å². The first-order chi connectivity index (χ1) is 11.6. The summed E-state index contributed by atoms with van der Waals surface area (Å²) in [6, 6.07) is 0. The summed E-state index contributed by atoms with van der Waals surface area (Å²) in [5.74, 6) is 1.71. The highest BCUT2D eigenvalue weighted by Crippen LogP contribution is 2.20. The van der Waals surface area contributed by atoms with Crippen LogP contribution in [-0.2, 0) is 9.53 Å². The van der Waals surface area contributed by atoms with Crippen LogP contribution >= 0.6 is 11.8 Å². The number of hydrogen-bond donors (Lipinski definition) is 2. The Balaban J connectivity index is 2.24. The number of guanidine groups is 1. The van der Waals surface area contributed by atoms with E-state index >= 15 is 0 Å². The molecule has 0 aromatic rings. The maximum atomic E-state index is 11.7. The van der Waals surface area contributed by atoms with Crippen LogP contribution in [0, 0.1) is 0 Å². The molecule has 0 aromatic heterocycles. The van der Waals surface area contributed by atoms with Crippen molar-refractivity contribution in [3.8, 4) is 0 Å². The van der Waals surface area contributed by atoms with E-state index in [4.69, 9.17) is 4.74 Å². The van der Waals surface area contributed by atoms with Crippen LogP contribution in [0.4, 0.5) is 0 Å². The summed E-state index contributed by atoms with van der Waals surface area (Å²) in [6.45, 7) is 2.59. The highest BCUT2D eigenvalue weighted by molar-refractivity contribution is 7.98. The molecule has 0 radical (unpaired) electrons. The van der Waals surface area contributed by atoms with Gasteiger partial charge in [0.25, 0.3) is 0 Å². The average Bonchev–Trinajstić information content (AvgIpc) is 2.59. The minimum absolute atomic E-state index is 0.00148. The van der Waals surface area contributed by atoms with Crippen molar-refractivity contribution in [2.24, 2.45) is 4.99 Å². The van der Waals surface area contributed by atoms with Crippen molar-refractivity contribution in [1.82, 2.24) is 15.5 Å². The molecule has 0 saturated heterocycles. The van der Waals surface area contributed by atoms with Gasteiger partial charge in [0.15, 0.2) is 5.96 Å². The van der Waals surface area contributed by atoms with Gasteiger partial charge in [0.2, 0.25) is 5.91 Å². The molecule has 1 rings (SSSR count). The van der Waals surface area contributed by atoms with Gasteiger partial charge in [-0.2, -0.15) is 11.8 Å². The van der Waals surface area contributed by atoms with Gasteiger partial charge in [-0.05, 0) is 25.5 Å². The first-order valence-electron chi connectivity index (χ1n) is 8.96. The molecular formula is C17H34N4O2S. The van der Waals surface area contributed by atoms with Gasteiger partial charge in [-0.1, -0.05) is 19.3 Å². The third-order valence-electron chi connectivity index (χ3n) is 3.99. The Hall–Kier alpha value is -0.950. The molecule has 0 unspecified atom stereocenters. The third kappa shape index (κ3) is 10.0. The normalized spacial score (nSPS) is 16.0. The largest absolute Gasteiger partial charge is 0.378 e. The number of amides is 1. The summed E-state index contributed by atoms with van der Waals surface area (Å²) in [6.07, 6.45) is 9.87. The van der Waals surface area contributed by atoms with E-state index in [2.05, 4.69) is 21.9 Å². The van der Waals surface area contributed by atoms with Crippen LogP contribution in [0.1, 0.15) is 38.5 Å². The number of nitrogens with zero attached hydrogens (tertiary/aromatic N) is 2. The van der Waals surface area contributed by atoms with E-state index in [1.165, 1.54) is 32.1 Å². The minimum Gasteiger partial charge on any atom is -0.378 e. The zero-order chi connectivity index (χ0) is 17.6. The number of rotatable bonds is 10. The fourth-order valence-corrected chi connectivity index (χ4v) is 2.80. The second kappa shape index (κ2) is 13.4. The molecule has 0 atom stereocenters. The molecule has 2 N–H and O–H groups in total.